The maximum absolute atomic E-state index is 9.83. The van der Waals surface area contributed by atoms with Crippen LogP contribution in [0.15, 0.2) is 12.2 Å². The normalized spacial score (nSPS) is 9.55. The van der Waals surface area contributed by atoms with Crippen molar-refractivity contribution in [3.05, 3.63) is 12.2 Å². The van der Waals surface area contributed by atoms with Crippen LogP contribution >= 0.6 is 0 Å². The maximum Gasteiger partial charge on any atom is 1.00 e. The maximum atomic E-state index is 9.83. The van der Waals surface area contributed by atoms with Crippen LogP contribution in [0.4, 0.5) is 0 Å². The van der Waals surface area contributed by atoms with Crippen LogP contribution in [-0.4, -0.2) is 5.97 Å². The Morgan fingerprint density at radius 2 is 2.09 bits per heavy atom. The average Bonchev–Trinajstić information content (AvgIpc) is 1.87. The van der Waals surface area contributed by atoms with Crippen molar-refractivity contribution in [2.24, 2.45) is 0 Å². The molecule has 0 aliphatic heterocycles. The van der Waals surface area contributed by atoms with Crippen molar-refractivity contribution < 1.29 is 39.5 Å². The zero-order valence-corrected chi connectivity index (χ0v) is 9.30. The molecule has 0 spiro atoms. The molecule has 0 N–H and O–H groups in total. The topological polar surface area (TPSA) is 40.1 Å². The predicted molar refractivity (Wildman–Crippen MR) is 38.3 cm³/mol. The van der Waals surface area contributed by atoms with Gasteiger partial charge in [0.05, 0.1) is 5.97 Å². The first-order valence-electron chi connectivity index (χ1n) is 3.65. The van der Waals surface area contributed by atoms with E-state index in [-0.39, 0.29) is 29.6 Å². The first-order chi connectivity index (χ1) is 4.77. The summed E-state index contributed by atoms with van der Waals surface area (Å²) in [6.45, 7) is 2.11. The van der Waals surface area contributed by atoms with E-state index in [1.165, 1.54) is 6.42 Å². The zero-order chi connectivity index (χ0) is 7.82. The van der Waals surface area contributed by atoms with Crippen molar-refractivity contribution in [2.75, 3.05) is 0 Å². The van der Waals surface area contributed by atoms with E-state index in [0.717, 1.165) is 25.3 Å². The van der Waals surface area contributed by atoms with Crippen molar-refractivity contribution in [2.45, 2.75) is 32.6 Å². The summed E-state index contributed by atoms with van der Waals surface area (Å²) in [7, 11) is 0. The molecule has 11 heavy (non-hydrogen) atoms. The van der Waals surface area contributed by atoms with E-state index in [2.05, 4.69) is 6.92 Å². The summed E-state index contributed by atoms with van der Waals surface area (Å²) in [5.74, 6) is -1.10. The molecule has 0 saturated carbocycles. The van der Waals surface area contributed by atoms with E-state index in [1.807, 2.05) is 0 Å². The van der Waals surface area contributed by atoms with Crippen molar-refractivity contribution in [3.8, 4) is 0 Å². The van der Waals surface area contributed by atoms with Crippen LogP contribution in [0.3, 0.4) is 0 Å². The Labute approximate surface area is 90.0 Å². The number of aliphatic carboxylic acids is 1. The van der Waals surface area contributed by atoms with Gasteiger partial charge in [-0.2, -0.15) is 0 Å². The van der Waals surface area contributed by atoms with Gasteiger partial charge < -0.3 is 9.90 Å². The van der Waals surface area contributed by atoms with E-state index < -0.39 is 5.97 Å². The third-order valence-corrected chi connectivity index (χ3v) is 1.23. The number of hydrogen-bond acceptors (Lipinski definition) is 2. The first-order valence-corrected chi connectivity index (χ1v) is 3.65. The molecular formula is C8H13NaO2. The minimum absolute atomic E-state index is 0. The zero-order valence-electron chi connectivity index (χ0n) is 7.30. The Morgan fingerprint density at radius 3 is 2.55 bits per heavy atom. The molecule has 0 bridgehead atoms. The number of allylic oxidation sites excluding steroid dienone is 1. The Morgan fingerprint density at radius 1 is 1.45 bits per heavy atom. The van der Waals surface area contributed by atoms with E-state index >= 15 is 0 Å². The molecule has 0 saturated heterocycles. The summed E-state index contributed by atoms with van der Waals surface area (Å²) in [6, 6.07) is 0. The SMILES string of the molecule is CCCCCC=CC(=O)[O-].[Na+]. The van der Waals surface area contributed by atoms with Crippen LogP contribution in [0.25, 0.3) is 0 Å². The van der Waals surface area contributed by atoms with Crippen LogP contribution in [-0.2, 0) is 4.79 Å². The molecule has 58 valence electrons. The fraction of sp³-hybridized carbons (Fsp3) is 0.625. The molecule has 0 aliphatic carbocycles. The molecule has 0 aromatic carbocycles. The number of carboxylic acids is 1. The standard InChI is InChI=1S/C8H14O2.Na/c1-2-3-4-5-6-7-8(9)10;/h6-7H,2-5H2,1H3,(H,9,10);/q;+1/p-1. The number of carboxylic acid groups (broad SMARTS) is 1. The molecule has 0 unspecified atom stereocenters. The van der Waals surface area contributed by atoms with Gasteiger partial charge in [0.1, 0.15) is 0 Å². The van der Waals surface area contributed by atoms with Crippen LogP contribution in [0.2, 0.25) is 0 Å². The van der Waals surface area contributed by atoms with Crippen LogP contribution < -0.4 is 34.7 Å². The van der Waals surface area contributed by atoms with E-state index in [4.69, 9.17) is 0 Å². The summed E-state index contributed by atoms with van der Waals surface area (Å²) in [4.78, 5) is 9.83. The largest absolute Gasteiger partial charge is 1.00 e. The molecular weight excluding hydrogens is 151 g/mol. The predicted octanol–water partition coefficient (Wildman–Crippen LogP) is -2.12. The molecule has 3 heteroatoms. The molecule has 0 amide bonds. The van der Waals surface area contributed by atoms with Crippen molar-refractivity contribution >= 4 is 5.97 Å². The second-order valence-corrected chi connectivity index (χ2v) is 2.22. The summed E-state index contributed by atoms with van der Waals surface area (Å²) in [5, 5.41) is 9.83. The van der Waals surface area contributed by atoms with E-state index in [9.17, 15) is 9.90 Å². The summed E-state index contributed by atoms with van der Waals surface area (Å²) < 4.78 is 0. The van der Waals surface area contributed by atoms with Gasteiger partial charge in [0.25, 0.3) is 0 Å². The molecule has 0 aromatic heterocycles. The molecule has 2 nitrogen and oxygen atoms in total. The molecule has 0 aromatic rings. The fourth-order valence-electron chi connectivity index (χ4n) is 0.692. The summed E-state index contributed by atoms with van der Waals surface area (Å²) in [5.41, 5.74) is 0. The first kappa shape index (κ1) is 13.8. The average molecular weight is 164 g/mol. The van der Waals surface area contributed by atoms with Crippen LogP contribution in [0.1, 0.15) is 32.6 Å². The molecule has 0 rings (SSSR count). The van der Waals surface area contributed by atoms with Gasteiger partial charge in [0.15, 0.2) is 0 Å². The minimum Gasteiger partial charge on any atom is -0.545 e. The van der Waals surface area contributed by atoms with Crippen LogP contribution in [0.5, 0.6) is 0 Å². The Bertz CT molecular complexity index is 121. The second kappa shape index (κ2) is 10.2. The van der Waals surface area contributed by atoms with E-state index in [0.29, 0.717) is 0 Å². The number of unbranched alkanes of at least 4 members (excludes halogenated alkanes) is 3. The quantitative estimate of drug-likeness (QED) is 0.265. The molecule has 0 radical (unpaired) electrons. The monoisotopic (exact) mass is 164 g/mol. The third-order valence-electron chi connectivity index (χ3n) is 1.23. The Kier molecular flexibility index (Phi) is 12.8. The van der Waals surface area contributed by atoms with Gasteiger partial charge in [-0.3, -0.25) is 0 Å². The second-order valence-electron chi connectivity index (χ2n) is 2.22. The van der Waals surface area contributed by atoms with Gasteiger partial charge in [0, 0.05) is 0 Å². The third kappa shape index (κ3) is 13.2. The van der Waals surface area contributed by atoms with Crippen molar-refractivity contribution in [1.82, 2.24) is 0 Å². The molecule has 0 fully saturated rings. The van der Waals surface area contributed by atoms with Crippen molar-refractivity contribution in [3.63, 3.8) is 0 Å². The molecule has 0 atom stereocenters. The van der Waals surface area contributed by atoms with Gasteiger partial charge in [-0.25, -0.2) is 0 Å². The number of carbonyl (C=O) groups excluding carboxylic acids is 1. The van der Waals surface area contributed by atoms with Gasteiger partial charge in [-0.15, -0.1) is 0 Å². The number of carbonyl (C=O) groups is 1. The van der Waals surface area contributed by atoms with E-state index in [1.54, 1.807) is 6.08 Å². The van der Waals surface area contributed by atoms with Gasteiger partial charge in [0.2, 0.25) is 0 Å². The van der Waals surface area contributed by atoms with Gasteiger partial charge in [-0.05, 0) is 18.9 Å². The Balaban J connectivity index is 0. The summed E-state index contributed by atoms with van der Waals surface area (Å²) >= 11 is 0. The Hall–Kier alpha value is 0.210. The number of rotatable bonds is 5. The molecule has 0 aliphatic rings. The number of hydrogen-bond donors (Lipinski definition) is 0. The molecule has 0 heterocycles. The smallest absolute Gasteiger partial charge is 0.545 e. The van der Waals surface area contributed by atoms with Crippen molar-refractivity contribution in [1.29, 1.82) is 0 Å². The van der Waals surface area contributed by atoms with Gasteiger partial charge in [-0.1, -0.05) is 25.8 Å². The minimum atomic E-state index is -1.10. The summed E-state index contributed by atoms with van der Waals surface area (Å²) in [6.07, 6.45) is 6.99. The van der Waals surface area contributed by atoms with Crippen LogP contribution in [0, 0.1) is 0 Å². The fourth-order valence-corrected chi connectivity index (χ4v) is 0.692. The van der Waals surface area contributed by atoms with Gasteiger partial charge >= 0.3 is 29.6 Å².